The van der Waals surface area contributed by atoms with E-state index >= 15 is 0 Å². The Labute approximate surface area is 119 Å². The lowest BCUT2D eigenvalue weighted by molar-refractivity contribution is -0.386. The van der Waals surface area contributed by atoms with Gasteiger partial charge in [0.15, 0.2) is 5.75 Å². The smallest absolute Gasteiger partial charge is 0.310 e. The molecule has 1 aliphatic rings. The van der Waals surface area contributed by atoms with Crippen LogP contribution < -0.4 is 10.5 Å². The Morgan fingerprint density at radius 2 is 1.95 bits per heavy atom. The maximum atomic E-state index is 11.1. The molecular weight excluding hydrogens is 256 g/mol. The minimum Gasteiger partial charge on any atom is -0.483 e. The molecular formula is C15H22N2O3. The van der Waals surface area contributed by atoms with E-state index in [1.165, 1.54) is 12.5 Å². The fourth-order valence-electron chi connectivity index (χ4n) is 3.08. The summed E-state index contributed by atoms with van der Waals surface area (Å²) >= 11 is 0. The van der Waals surface area contributed by atoms with Crippen molar-refractivity contribution in [1.82, 2.24) is 0 Å². The lowest BCUT2D eigenvalue weighted by atomic mass is 9.82. The summed E-state index contributed by atoms with van der Waals surface area (Å²) in [7, 11) is 0. The van der Waals surface area contributed by atoms with E-state index in [1.54, 1.807) is 12.1 Å². The maximum Gasteiger partial charge on any atom is 0.310 e. The summed E-state index contributed by atoms with van der Waals surface area (Å²) in [4.78, 5) is 10.7. The minimum absolute atomic E-state index is 0.0214. The zero-order valence-electron chi connectivity index (χ0n) is 12.0. The van der Waals surface area contributed by atoms with Crippen LogP contribution in [0.25, 0.3) is 0 Å². The predicted molar refractivity (Wildman–Crippen MR) is 77.6 cm³/mol. The summed E-state index contributed by atoms with van der Waals surface area (Å²) in [6, 6.07) is 4.85. The molecule has 2 rings (SSSR count). The van der Waals surface area contributed by atoms with Gasteiger partial charge in [-0.25, -0.2) is 0 Å². The van der Waals surface area contributed by atoms with Crippen molar-refractivity contribution in [3.8, 4) is 5.75 Å². The van der Waals surface area contributed by atoms with Crippen molar-refractivity contribution in [1.29, 1.82) is 0 Å². The van der Waals surface area contributed by atoms with E-state index in [9.17, 15) is 10.1 Å². The number of hydrogen-bond acceptors (Lipinski definition) is 4. The number of benzene rings is 1. The molecule has 2 unspecified atom stereocenters. The van der Waals surface area contributed by atoms with Gasteiger partial charge in [0.2, 0.25) is 0 Å². The van der Waals surface area contributed by atoms with Crippen molar-refractivity contribution in [2.75, 3.05) is 0 Å². The molecule has 2 atom stereocenters. The maximum absolute atomic E-state index is 11.1. The molecule has 110 valence electrons. The van der Waals surface area contributed by atoms with Crippen LogP contribution in [0.15, 0.2) is 18.2 Å². The van der Waals surface area contributed by atoms with E-state index in [1.807, 2.05) is 0 Å². The van der Waals surface area contributed by atoms with Crippen LogP contribution in [-0.4, -0.2) is 11.0 Å². The van der Waals surface area contributed by atoms with E-state index in [0.29, 0.717) is 24.1 Å². The Kier molecular flexibility index (Phi) is 4.60. The van der Waals surface area contributed by atoms with Gasteiger partial charge in [-0.1, -0.05) is 19.9 Å². The minimum atomic E-state index is -0.398. The standard InChI is InChI=1S/C15H22N2O3/c1-10-5-11(2)7-13(6-10)20-15-8-12(9-16)3-4-14(15)17(18)19/h3-4,8,10-11,13H,5-7,9,16H2,1-2H3. The normalized spacial score (nSPS) is 26.2. The fourth-order valence-corrected chi connectivity index (χ4v) is 3.08. The molecule has 0 heterocycles. The third kappa shape index (κ3) is 3.48. The molecule has 0 saturated heterocycles. The molecule has 5 heteroatoms. The molecule has 0 aliphatic heterocycles. The Bertz CT molecular complexity index is 480. The van der Waals surface area contributed by atoms with Gasteiger partial charge < -0.3 is 10.5 Å². The SMILES string of the molecule is CC1CC(C)CC(Oc2cc(CN)ccc2[N+](=O)[O-])C1. The van der Waals surface area contributed by atoms with Gasteiger partial charge in [0, 0.05) is 12.6 Å². The van der Waals surface area contributed by atoms with Crippen molar-refractivity contribution in [3.05, 3.63) is 33.9 Å². The van der Waals surface area contributed by atoms with Crippen LogP contribution in [0.3, 0.4) is 0 Å². The van der Waals surface area contributed by atoms with Crippen LogP contribution >= 0.6 is 0 Å². The van der Waals surface area contributed by atoms with E-state index < -0.39 is 4.92 Å². The Balaban J connectivity index is 2.20. The molecule has 0 aromatic heterocycles. The van der Waals surface area contributed by atoms with E-state index in [2.05, 4.69) is 13.8 Å². The second-order valence-electron chi connectivity index (χ2n) is 5.92. The Hall–Kier alpha value is -1.62. The zero-order chi connectivity index (χ0) is 14.7. The number of nitrogens with zero attached hydrogens (tertiary/aromatic N) is 1. The number of ether oxygens (including phenoxy) is 1. The monoisotopic (exact) mass is 278 g/mol. The van der Waals surface area contributed by atoms with Crippen LogP contribution in [0, 0.1) is 22.0 Å². The summed E-state index contributed by atoms with van der Waals surface area (Å²) < 4.78 is 5.93. The second-order valence-corrected chi connectivity index (χ2v) is 5.92. The van der Waals surface area contributed by atoms with Crippen molar-refractivity contribution >= 4 is 5.69 Å². The van der Waals surface area contributed by atoms with E-state index in [-0.39, 0.29) is 11.8 Å². The van der Waals surface area contributed by atoms with Crippen LogP contribution in [0.1, 0.15) is 38.7 Å². The lowest BCUT2D eigenvalue weighted by Gasteiger charge is -2.31. The molecule has 1 fully saturated rings. The molecule has 0 radical (unpaired) electrons. The van der Waals surface area contributed by atoms with Gasteiger partial charge in [-0.2, -0.15) is 0 Å². The first-order valence-corrected chi connectivity index (χ1v) is 7.13. The highest BCUT2D eigenvalue weighted by atomic mass is 16.6. The molecule has 1 aromatic rings. The van der Waals surface area contributed by atoms with Gasteiger partial charge in [-0.05, 0) is 42.7 Å². The topological polar surface area (TPSA) is 78.4 Å². The Morgan fingerprint density at radius 3 is 2.50 bits per heavy atom. The summed E-state index contributed by atoms with van der Waals surface area (Å²) in [6.07, 6.45) is 3.16. The molecule has 1 aliphatic carbocycles. The average Bonchev–Trinajstić information content (AvgIpc) is 2.37. The number of hydrogen-bond donors (Lipinski definition) is 1. The van der Waals surface area contributed by atoms with Crippen LogP contribution in [0.4, 0.5) is 5.69 Å². The number of nitrogens with two attached hydrogens (primary N) is 1. The molecule has 5 nitrogen and oxygen atoms in total. The molecule has 0 bridgehead atoms. The fraction of sp³-hybridized carbons (Fsp3) is 0.600. The van der Waals surface area contributed by atoms with E-state index in [0.717, 1.165) is 18.4 Å². The van der Waals surface area contributed by atoms with Crippen LogP contribution in [0.2, 0.25) is 0 Å². The highest BCUT2D eigenvalue weighted by Crippen LogP contribution is 2.35. The van der Waals surface area contributed by atoms with Crippen molar-refractivity contribution < 1.29 is 9.66 Å². The third-order valence-corrected chi connectivity index (χ3v) is 3.89. The molecule has 20 heavy (non-hydrogen) atoms. The summed E-state index contributed by atoms with van der Waals surface area (Å²) in [5.41, 5.74) is 6.47. The molecule has 0 amide bonds. The largest absolute Gasteiger partial charge is 0.483 e. The van der Waals surface area contributed by atoms with Crippen molar-refractivity contribution in [2.45, 2.75) is 45.8 Å². The second kappa shape index (κ2) is 6.22. The van der Waals surface area contributed by atoms with Gasteiger partial charge in [0.25, 0.3) is 0 Å². The number of nitro benzene ring substituents is 1. The molecule has 1 saturated carbocycles. The van der Waals surface area contributed by atoms with Gasteiger partial charge in [0.1, 0.15) is 0 Å². The lowest BCUT2D eigenvalue weighted by Crippen LogP contribution is -2.28. The van der Waals surface area contributed by atoms with Crippen molar-refractivity contribution in [2.24, 2.45) is 17.6 Å². The summed E-state index contributed by atoms with van der Waals surface area (Å²) in [5, 5.41) is 11.1. The molecule has 2 N–H and O–H groups in total. The van der Waals surface area contributed by atoms with Crippen molar-refractivity contribution in [3.63, 3.8) is 0 Å². The summed E-state index contributed by atoms with van der Waals surface area (Å²) in [5.74, 6) is 1.55. The van der Waals surface area contributed by atoms with Gasteiger partial charge >= 0.3 is 5.69 Å². The highest BCUT2D eigenvalue weighted by molar-refractivity contribution is 5.48. The Morgan fingerprint density at radius 1 is 1.30 bits per heavy atom. The number of rotatable bonds is 4. The highest BCUT2D eigenvalue weighted by Gasteiger charge is 2.27. The first-order valence-electron chi connectivity index (χ1n) is 7.13. The molecule has 1 aromatic carbocycles. The van der Waals surface area contributed by atoms with Gasteiger partial charge in [-0.15, -0.1) is 0 Å². The average molecular weight is 278 g/mol. The third-order valence-electron chi connectivity index (χ3n) is 3.89. The first-order chi connectivity index (χ1) is 9.49. The van der Waals surface area contributed by atoms with E-state index in [4.69, 9.17) is 10.5 Å². The van der Waals surface area contributed by atoms with Gasteiger partial charge in [-0.3, -0.25) is 10.1 Å². The molecule has 0 spiro atoms. The zero-order valence-corrected chi connectivity index (χ0v) is 12.0. The summed E-state index contributed by atoms with van der Waals surface area (Å²) in [6.45, 7) is 4.76. The quantitative estimate of drug-likeness (QED) is 0.677. The first kappa shape index (κ1) is 14.8. The van der Waals surface area contributed by atoms with Crippen LogP contribution in [-0.2, 0) is 6.54 Å². The van der Waals surface area contributed by atoms with Gasteiger partial charge in [0.05, 0.1) is 11.0 Å². The predicted octanol–water partition coefficient (Wildman–Crippen LogP) is 3.26. The number of nitro groups is 1. The van der Waals surface area contributed by atoms with Crippen LogP contribution in [0.5, 0.6) is 5.75 Å².